The molecule has 0 radical (unpaired) electrons. The molecule has 0 atom stereocenters. The van der Waals surface area contributed by atoms with E-state index in [2.05, 4.69) is 16.1 Å². The largest absolute Gasteiger partial charge is 0.367 e. The number of aromatic amines is 1. The number of hydrogen-bond acceptors (Lipinski definition) is 1. The van der Waals surface area contributed by atoms with Gasteiger partial charge in [-0.15, -0.1) is 0 Å². The van der Waals surface area contributed by atoms with Crippen LogP contribution in [-0.2, 0) is 7.05 Å². The van der Waals surface area contributed by atoms with Crippen LogP contribution in [0.15, 0.2) is 24.5 Å². The molecule has 0 unspecified atom stereocenters. The number of aromatic nitrogens is 3. The molecule has 2 rings (SSSR count). The highest BCUT2D eigenvalue weighted by atomic mass is 15.3. The number of nitrogens with zero attached hydrogens (tertiary/aromatic N) is 2. The van der Waals surface area contributed by atoms with Crippen molar-refractivity contribution in [1.29, 1.82) is 0 Å². The van der Waals surface area contributed by atoms with Gasteiger partial charge in [0.1, 0.15) is 0 Å². The van der Waals surface area contributed by atoms with E-state index in [-0.39, 0.29) is 0 Å². The van der Waals surface area contributed by atoms with Crippen molar-refractivity contribution in [3.8, 4) is 11.3 Å². The molecule has 0 saturated carbocycles. The third-order valence-corrected chi connectivity index (χ3v) is 1.90. The van der Waals surface area contributed by atoms with Crippen LogP contribution in [0.2, 0.25) is 0 Å². The average molecular weight is 161 g/mol. The number of aryl methyl sites for hydroxylation is 2. The van der Waals surface area contributed by atoms with Crippen molar-refractivity contribution in [2.24, 2.45) is 7.05 Å². The predicted molar refractivity (Wildman–Crippen MR) is 47.7 cm³/mol. The average Bonchev–Trinajstić information content (AvgIpc) is 2.58. The van der Waals surface area contributed by atoms with Crippen LogP contribution in [-0.4, -0.2) is 14.8 Å². The van der Waals surface area contributed by atoms with E-state index in [1.807, 2.05) is 37.1 Å². The molecule has 0 aliphatic carbocycles. The number of hydrogen-bond donors (Lipinski definition) is 1. The second-order valence-corrected chi connectivity index (χ2v) is 2.89. The lowest BCUT2D eigenvalue weighted by Gasteiger charge is -1.95. The van der Waals surface area contributed by atoms with E-state index in [1.165, 1.54) is 5.56 Å². The van der Waals surface area contributed by atoms with Crippen LogP contribution < -0.4 is 0 Å². The Hall–Kier alpha value is -1.51. The zero-order valence-corrected chi connectivity index (χ0v) is 7.20. The van der Waals surface area contributed by atoms with Crippen LogP contribution >= 0.6 is 0 Å². The first-order valence-electron chi connectivity index (χ1n) is 3.91. The molecule has 0 fully saturated rings. The lowest BCUT2D eigenvalue weighted by molar-refractivity contribution is 0.764. The Labute approximate surface area is 71.0 Å². The summed E-state index contributed by atoms with van der Waals surface area (Å²) < 4.78 is 1.89. The lowest BCUT2D eigenvalue weighted by atomic mass is 10.2. The number of H-pyrrole nitrogens is 1. The highest BCUT2D eigenvalue weighted by Crippen LogP contribution is 2.18. The molecule has 0 spiro atoms. The van der Waals surface area contributed by atoms with Crippen molar-refractivity contribution in [2.45, 2.75) is 6.92 Å². The molecule has 0 aromatic carbocycles. The highest BCUT2D eigenvalue weighted by molar-refractivity contribution is 5.58. The van der Waals surface area contributed by atoms with E-state index in [0.29, 0.717) is 0 Å². The molecule has 12 heavy (non-hydrogen) atoms. The molecule has 3 nitrogen and oxygen atoms in total. The van der Waals surface area contributed by atoms with E-state index in [9.17, 15) is 0 Å². The van der Waals surface area contributed by atoms with Gasteiger partial charge in [-0.3, -0.25) is 4.68 Å². The summed E-state index contributed by atoms with van der Waals surface area (Å²) in [6, 6.07) is 4.11. The quantitative estimate of drug-likeness (QED) is 0.678. The molecule has 0 bridgehead atoms. The molecule has 2 aromatic heterocycles. The molecule has 1 N–H and O–H groups in total. The minimum atomic E-state index is 1.05. The summed E-state index contributed by atoms with van der Waals surface area (Å²) in [6.45, 7) is 2.00. The molecule has 0 aliphatic rings. The van der Waals surface area contributed by atoms with E-state index >= 15 is 0 Å². The lowest BCUT2D eigenvalue weighted by Crippen LogP contribution is -1.92. The number of nitrogens with one attached hydrogen (secondary N) is 1. The fraction of sp³-hybridized carbons (Fsp3) is 0.222. The van der Waals surface area contributed by atoms with Crippen molar-refractivity contribution in [3.05, 3.63) is 30.2 Å². The fourth-order valence-corrected chi connectivity index (χ4v) is 1.36. The van der Waals surface area contributed by atoms with E-state index in [1.54, 1.807) is 0 Å². The minimum Gasteiger partial charge on any atom is -0.367 e. The van der Waals surface area contributed by atoms with Gasteiger partial charge >= 0.3 is 0 Å². The van der Waals surface area contributed by atoms with Gasteiger partial charge in [0.05, 0.1) is 11.4 Å². The monoisotopic (exact) mass is 161 g/mol. The van der Waals surface area contributed by atoms with Crippen molar-refractivity contribution >= 4 is 0 Å². The summed E-state index contributed by atoms with van der Waals surface area (Å²) in [7, 11) is 1.95. The molecule has 2 aromatic rings. The summed E-state index contributed by atoms with van der Waals surface area (Å²) in [5.74, 6) is 0. The summed E-state index contributed by atoms with van der Waals surface area (Å²) in [5, 5.41) is 4.27. The van der Waals surface area contributed by atoms with Gasteiger partial charge in [0.15, 0.2) is 0 Å². The van der Waals surface area contributed by atoms with Gasteiger partial charge < -0.3 is 4.98 Å². The summed E-state index contributed by atoms with van der Waals surface area (Å²) >= 11 is 0. The van der Waals surface area contributed by atoms with Crippen LogP contribution in [0, 0.1) is 6.92 Å². The van der Waals surface area contributed by atoms with E-state index in [4.69, 9.17) is 0 Å². The standard InChI is InChI=1S/C9H11N3/c1-7-5-9(12(2)11-7)8-3-4-10-6-8/h3-6,10H,1-2H3. The summed E-state index contributed by atoms with van der Waals surface area (Å²) in [4.78, 5) is 3.02. The molecule has 0 saturated heterocycles. The van der Waals surface area contributed by atoms with Crippen LogP contribution in [0.3, 0.4) is 0 Å². The van der Waals surface area contributed by atoms with Gasteiger partial charge in [-0.25, -0.2) is 0 Å². The molecular weight excluding hydrogens is 150 g/mol. The SMILES string of the molecule is Cc1cc(-c2cc[nH]c2)n(C)n1. The Kier molecular flexibility index (Phi) is 1.50. The predicted octanol–water partition coefficient (Wildman–Crippen LogP) is 1.72. The first kappa shape index (κ1) is 7.16. The Morgan fingerprint density at radius 1 is 1.50 bits per heavy atom. The molecular formula is C9H11N3. The topological polar surface area (TPSA) is 33.6 Å². The Balaban J connectivity index is 2.54. The first-order chi connectivity index (χ1) is 5.77. The molecule has 0 aliphatic heterocycles. The van der Waals surface area contributed by atoms with Gasteiger partial charge in [-0.1, -0.05) is 0 Å². The van der Waals surface area contributed by atoms with Gasteiger partial charge in [-0.2, -0.15) is 5.10 Å². The second-order valence-electron chi connectivity index (χ2n) is 2.89. The smallest absolute Gasteiger partial charge is 0.0696 e. The van der Waals surface area contributed by atoms with Crippen LogP contribution in [0.25, 0.3) is 11.3 Å². The van der Waals surface area contributed by atoms with E-state index in [0.717, 1.165) is 11.4 Å². The maximum atomic E-state index is 4.27. The zero-order chi connectivity index (χ0) is 8.55. The van der Waals surface area contributed by atoms with Crippen molar-refractivity contribution in [1.82, 2.24) is 14.8 Å². The van der Waals surface area contributed by atoms with Gasteiger partial charge in [0.25, 0.3) is 0 Å². The van der Waals surface area contributed by atoms with Crippen molar-refractivity contribution in [3.63, 3.8) is 0 Å². The minimum absolute atomic E-state index is 1.05. The third kappa shape index (κ3) is 1.03. The Morgan fingerprint density at radius 3 is 2.83 bits per heavy atom. The maximum Gasteiger partial charge on any atom is 0.0696 e. The molecule has 0 amide bonds. The van der Waals surface area contributed by atoms with Crippen molar-refractivity contribution < 1.29 is 0 Å². The normalized spacial score (nSPS) is 10.5. The molecule has 2 heterocycles. The van der Waals surface area contributed by atoms with Crippen LogP contribution in [0.5, 0.6) is 0 Å². The van der Waals surface area contributed by atoms with Crippen molar-refractivity contribution in [2.75, 3.05) is 0 Å². The zero-order valence-electron chi connectivity index (χ0n) is 7.20. The van der Waals surface area contributed by atoms with Gasteiger partial charge in [0.2, 0.25) is 0 Å². The molecule has 62 valence electrons. The fourth-order valence-electron chi connectivity index (χ4n) is 1.36. The van der Waals surface area contributed by atoms with Gasteiger partial charge in [0, 0.05) is 25.0 Å². The summed E-state index contributed by atoms with van der Waals surface area (Å²) in [6.07, 6.45) is 3.88. The Morgan fingerprint density at radius 2 is 2.33 bits per heavy atom. The maximum absolute atomic E-state index is 4.27. The summed E-state index contributed by atoms with van der Waals surface area (Å²) in [5.41, 5.74) is 3.38. The third-order valence-electron chi connectivity index (χ3n) is 1.90. The Bertz CT molecular complexity index is 370. The highest BCUT2D eigenvalue weighted by Gasteiger charge is 2.03. The molecule has 3 heteroatoms. The second kappa shape index (κ2) is 2.52. The van der Waals surface area contributed by atoms with E-state index < -0.39 is 0 Å². The van der Waals surface area contributed by atoms with Gasteiger partial charge in [-0.05, 0) is 19.1 Å². The number of rotatable bonds is 1. The van der Waals surface area contributed by atoms with Crippen LogP contribution in [0.4, 0.5) is 0 Å². The van der Waals surface area contributed by atoms with Crippen LogP contribution in [0.1, 0.15) is 5.69 Å². The first-order valence-corrected chi connectivity index (χ1v) is 3.91.